The number of nitrogens with one attached hydrogen (secondary N) is 1. The van der Waals surface area contributed by atoms with E-state index in [0.717, 1.165) is 23.0 Å². The molecule has 1 amide bonds. The first-order valence-corrected chi connectivity index (χ1v) is 8.30. The van der Waals surface area contributed by atoms with Crippen molar-refractivity contribution in [1.29, 1.82) is 0 Å². The Hall–Kier alpha value is -3.14. The van der Waals surface area contributed by atoms with Gasteiger partial charge in [0, 0.05) is 16.6 Å². The summed E-state index contributed by atoms with van der Waals surface area (Å²) in [6, 6.07) is 16.7. The first-order chi connectivity index (χ1) is 12.3. The van der Waals surface area contributed by atoms with Crippen LogP contribution in [0.15, 0.2) is 72.9 Å². The van der Waals surface area contributed by atoms with E-state index < -0.39 is 0 Å². The number of allylic oxidation sites excluding steroid dienone is 1. The van der Waals surface area contributed by atoms with Gasteiger partial charge in [-0.1, -0.05) is 37.3 Å². The Morgan fingerprint density at radius 2 is 1.96 bits per heavy atom. The lowest BCUT2D eigenvalue weighted by molar-refractivity contribution is 0.102. The van der Waals surface area contributed by atoms with Crippen LogP contribution in [0.1, 0.15) is 23.7 Å². The molecule has 3 rings (SSSR count). The van der Waals surface area contributed by atoms with Crippen molar-refractivity contribution in [2.75, 3.05) is 11.9 Å². The second kappa shape index (κ2) is 8.11. The number of para-hydroxylation sites is 1. The maximum atomic E-state index is 12.4. The first-order valence-electron chi connectivity index (χ1n) is 8.30. The molecule has 0 aliphatic rings. The summed E-state index contributed by atoms with van der Waals surface area (Å²) in [6.07, 6.45) is 6.72. The molecule has 1 aromatic heterocycles. The normalized spacial score (nSPS) is 10.9. The summed E-state index contributed by atoms with van der Waals surface area (Å²) in [4.78, 5) is 16.8. The number of nitrogens with zero attached hydrogens (tertiary/aromatic N) is 1. The lowest BCUT2D eigenvalue weighted by atomic mass is 10.1. The lowest BCUT2D eigenvalue weighted by Crippen LogP contribution is -2.11. The van der Waals surface area contributed by atoms with Gasteiger partial charge < -0.3 is 10.1 Å². The Bertz CT molecular complexity index is 889. The van der Waals surface area contributed by atoms with Crippen LogP contribution >= 0.6 is 0 Å². The maximum Gasteiger partial charge on any atom is 0.255 e. The van der Waals surface area contributed by atoms with E-state index in [1.54, 1.807) is 12.3 Å². The Morgan fingerprint density at radius 1 is 1.12 bits per heavy atom. The molecule has 1 heterocycles. The number of ether oxygens (including phenoxy) is 1. The predicted molar refractivity (Wildman–Crippen MR) is 101 cm³/mol. The lowest BCUT2D eigenvalue weighted by Gasteiger charge is -2.07. The molecule has 0 atom stereocenters. The fourth-order valence-corrected chi connectivity index (χ4v) is 2.44. The van der Waals surface area contributed by atoms with Crippen molar-refractivity contribution in [3.8, 4) is 5.75 Å². The number of pyridine rings is 1. The van der Waals surface area contributed by atoms with Gasteiger partial charge in [0.15, 0.2) is 0 Å². The molecule has 4 nitrogen and oxygen atoms in total. The van der Waals surface area contributed by atoms with Gasteiger partial charge in [0.2, 0.25) is 0 Å². The fourth-order valence-electron chi connectivity index (χ4n) is 2.44. The minimum atomic E-state index is -0.148. The Morgan fingerprint density at radius 3 is 2.76 bits per heavy atom. The molecule has 4 heteroatoms. The van der Waals surface area contributed by atoms with E-state index in [2.05, 4.69) is 23.3 Å². The molecule has 0 aliphatic carbocycles. The molecule has 2 aromatic carbocycles. The van der Waals surface area contributed by atoms with Crippen molar-refractivity contribution >= 4 is 22.5 Å². The van der Waals surface area contributed by atoms with Gasteiger partial charge in [-0.25, -0.2) is 0 Å². The number of anilines is 1. The highest BCUT2D eigenvalue weighted by molar-refractivity contribution is 6.06. The zero-order valence-corrected chi connectivity index (χ0v) is 14.1. The summed E-state index contributed by atoms with van der Waals surface area (Å²) in [5.41, 5.74) is 2.18. The van der Waals surface area contributed by atoms with Crippen LogP contribution in [0.4, 0.5) is 5.69 Å². The smallest absolute Gasteiger partial charge is 0.255 e. The number of benzene rings is 2. The number of aromatic nitrogens is 1. The average Bonchev–Trinajstić information content (AvgIpc) is 2.65. The van der Waals surface area contributed by atoms with E-state index >= 15 is 0 Å². The Labute approximate surface area is 147 Å². The van der Waals surface area contributed by atoms with Crippen LogP contribution in [-0.2, 0) is 0 Å². The van der Waals surface area contributed by atoms with Crippen LogP contribution in [-0.4, -0.2) is 17.5 Å². The first kappa shape index (κ1) is 16.7. The zero-order chi connectivity index (χ0) is 17.5. The maximum absolute atomic E-state index is 12.4. The van der Waals surface area contributed by atoms with Crippen molar-refractivity contribution in [3.63, 3.8) is 0 Å². The molecule has 0 aliphatic heterocycles. The van der Waals surface area contributed by atoms with Gasteiger partial charge in [0.25, 0.3) is 5.91 Å². The monoisotopic (exact) mass is 332 g/mol. The van der Waals surface area contributed by atoms with Gasteiger partial charge >= 0.3 is 0 Å². The Balaban J connectivity index is 1.77. The molecule has 3 aromatic rings. The van der Waals surface area contributed by atoms with Gasteiger partial charge in [-0.15, -0.1) is 0 Å². The van der Waals surface area contributed by atoms with Gasteiger partial charge in [-0.3, -0.25) is 9.78 Å². The zero-order valence-electron chi connectivity index (χ0n) is 14.1. The highest BCUT2D eigenvalue weighted by Gasteiger charge is 2.08. The number of carbonyl (C=O) groups is 1. The highest BCUT2D eigenvalue weighted by atomic mass is 16.5. The number of carbonyl (C=O) groups excluding carboxylic acids is 1. The summed E-state index contributed by atoms with van der Waals surface area (Å²) in [5, 5.41) is 3.76. The number of fused-ring (bicyclic) bond motifs is 1. The molecule has 0 saturated carbocycles. The van der Waals surface area contributed by atoms with Gasteiger partial charge in [0.05, 0.1) is 11.7 Å². The standard InChI is InChI=1S/C21H20N2O2/c1-2-3-7-12-25-19-14-17-13-16(10-11-20(17)22-15-19)21(24)23-18-8-5-4-6-9-18/h3-11,13-15H,2,12H2,1H3,(H,23,24)/b7-3+. The minimum absolute atomic E-state index is 0.148. The van der Waals surface area contributed by atoms with Crippen LogP contribution in [0, 0.1) is 0 Å². The van der Waals surface area contributed by atoms with Crippen molar-refractivity contribution in [2.24, 2.45) is 0 Å². The molecule has 1 N–H and O–H groups in total. The molecular formula is C21H20N2O2. The van der Waals surface area contributed by atoms with Gasteiger partial charge in [0.1, 0.15) is 12.4 Å². The van der Waals surface area contributed by atoms with Crippen LogP contribution < -0.4 is 10.1 Å². The molecule has 0 spiro atoms. The van der Waals surface area contributed by atoms with E-state index in [9.17, 15) is 4.79 Å². The van der Waals surface area contributed by atoms with Crippen molar-refractivity contribution in [3.05, 3.63) is 78.5 Å². The van der Waals surface area contributed by atoms with Crippen LogP contribution in [0.3, 0.4) is 0 Å². The number of hydrogen-bond donors (Lipinski definition) is 1. The van der Waals surface area contributed by atoms with E-state index in [1.807, 2.05) is 54.6 Å². The molecular weight excluding hydrogens is 312 g/mol. The van der Waals surface area contributed by atoms with E-state index in [0.29, 0.717) is 17.9 Å². The molecule has 0 saturated heterocycles. The number of amides is 1. The summed E-state index contributed by atoms with van der Waals surface area (Å²) >= 11 is 0. The largest absolute Gasteiger partial charge is 0.488 e. The van der Waals surface area contributed by atoms with Crippen LogP contribution in [0.2, 0.25) is 0 Å². The van der Waals surface area contributed by atoms with Crippen LogP contribution in [0.25, 0.3) is 10.9 Å². The molecule has 0 fully saturated rings. The molecule has 126 valence electrons. The molecule has 0 radical (unpaired) electrons. The van der Waals surface area contributed by atoms with E-state index in [-0.39, 0.29) is 5.91 Å². The third kappa shape index (κ3) is 4.44. The Kier molecular flexibility index (Phi) is 5.42. The van der Waals surface area contributed by atoms with E-state index in [4.69, 9.17) is 4.74 Å². The average molecular weight is 332 g/mol. The molecule has 25 heavy (non-hydrogen) atoms. The fraction of sp³-hybridized carbons (Fsp3) is 0.143. The summed E-state index contributed by atoms with van der Waals surface area (Å²) < 4.78 is 5.66. The second-order valence-corrected chi connectivity index (χ2v) is 5.59. The third-order valence-corrected chi connectivity index (χ3v) is 3.70. The quantitative estimate of drug-likeness (QED) is 0.658. The molecule has 0 bridgehead atoms. The number of hydrogen-bond acceptors (Lipinski definition) is 3. The predicted octanol–water partition coefficient (Wildman–Crippen LogP) is 4.83. The number of rotatable bonds is 6. The van der Waals surface area contributed by atoms with Gasteiger partial charge in [-0.2, -0.15) is 0 Å². The second-order valence-electron chi connectivity index (χ2n) is 5.59. The summed E-state index contributed by atoms with van der Waals surface area (Å²) in [7, 11) is 0. The van der Waals surface area contributed by atoms with Gasteiger partial charge in [-0.05, 0) is 42.8 Å². The van der Waals surface area contributed by atoms with E-state index in [1.165, 1.54) is 0 Å². The topological polar surface area (TPSA) is 51.2 Å². The molecule has 0 unspecified atom stereocenters. The minimum Gasteiger partial charge on any atom is -0.488 e. The summed E-state index contributed by atoms with van der Waals surface area (Å²) in [6.45, 7) is 2.59. The third-order valence-electron chi connectivity index (χ3n) is 3.70. The van der Waals surface area contributed by atoms with Crippen molar-refractivity contribution < 1.29 is 9.53 Å². The van der Waals surface area contributed by atoms with Crippen molar-refractivity contribution in [2.45, 2.75) is 13.3 Å². The summed E-state index contributed by atoms with van der Waals surface area (Å²) in [5.74, 6) is 0.541. The highest BCUT2D eigenvalue weighted by Crippen LogP contribution is 2.20. The van der Waals surface area contributed by atoms with Crippen molar-refractivity contribution in [1.82, 2.24) is 4.98 Å². The van der Waals surface area contributed by atoms with Crippen LogP contribution in [0.5, 0.6) is 5.75 Å². The SMILES string of the molecule is CC/C=C/COc1cnc2ccc(C(=O)Nc3ccccc3)cc2c1.